The number of thiophene rings is 1. The Morgan fingerprint density at radius 2 is 2.38 bits per heavy atom. The lowest BCUT2D eigenvalue weighted by Crippen LogP contribution is -2.28. The first-order chi connectivity index (χ1) is 7.63. The average Bonchev–Trinajstić information content (AvgIpc) is 2.68. The lowest BCUT2D eigenvalue weighted by Gasteiger charge is -2.16. The van der Waals surface area contributed by atoms with Gasteiger partial charge in [0.2, 0.25) is 5.91 Å². The van der Waals surface area contributed by atoms with Gasteiger partial charge in [0.05, 0.1) is 0 Å². The summed E-state index contributed by atoms with van der Waals surface area (Å²) in [6.45, 7) is 1.35. The molecule has 16 heavy (non-hydrogen) atoms. The van der Waals surface area contributed by atoms with Crippen molar-refractivity contribution in [2.75, 3.05) is 20.1 Å². The molecule has 0 fully saturated rings. The van der Waals surface area contributed by atoms with Gasteiger partial charge in [-0.2, -0.15) is 0 Å². The van der Waals surface area contributed by atoms with Gasteiger partial charge in [0.15, 0.2) is 0 Å². The lowest BCUT2D eigenvalue weighted by molar-refractivity contribution is -0.129. The molecule has 0 aliphatic rings. The summed E-state index contributed by atoms with van der Waals surface area (Å²) in [6.07, 6.45) is 2.25. The molecule has 0 aliphatic carbocycles. The Bertz CT molecular complexity index is 340. The van der Waals surface area contributed by atoms with Gasteiger partial charge in [-0.05, 0) is 41.4 Å². The third kappa shape index (κ3) is 4.63. The van der Waals surface area contributed by atoms with Crippen molar-refractivity contribution in [1.82, 2.24) is 4.90 Å². The minimum Gasteiger partial charge on any atom is -0.345 e. The molecule has 0 aliphatic heterocycles. The van der Waals surface area contributed by atoms with E-state index < -0.39 is 0 Å². The predicted octanol–water partition coefficient (Wildman–Crippen LogP) is 2.25. The molecule has 0 spiro atoms. The van der Waals surface area contributed by atoms with E-state index in [1.807, 2.05) is 7.05 Å². The fraction of sp³-hybridized carbons (Fsp3) is 0.545. The molecule has 1 amide bonds. The van der Waals surface area contributed by atoms with E-state index in [4.69, 9.17) is 5.73 Å². The van der Waals surface area contributed by atoms with Crippen LogP contribution in [0.15, 0.2) is 15.9 Å². The first-order valence-corrected chi connectivity index (χ1v) is 6.97. The minimum atomic E-state index is 0.182. The maximum Gasteiger partial charge on any atom is 0.222 e. The maximum absolute atomic E-state index is 11.6. The molecule has 1 rings (SSSR count). The van der Waals surface area contributed by atoms with Crippen LogP contribution in [0.1, 0.15) is 17.7 Å². The predicted molar refractivity (Wildman–Crippen MR) is 71.6 cm³/mol. The number of hydrogen-bond acceptors (Lipinski definition) is 3. The van der Waals surface area contributed by atoms with Crippen LogP contribution < -0.4 is 5.73 Å². The average molecular weight is 305 g/mol. The van der Waals surface area contributed by atoms with Crippen LogP contribution in [-0.2, 0) is 11.2 Å². The summed E-state index contributed by atoms with van der Waals surface area (Å²) in [5.74, 6) is 0.182. The van der Waals surface area contributed by atoms with Crippen molar-refractivity contribution in [2.45, 2.75) is 19.3 Å². The van der Waals surface area contributed by atoms with Gasteiger partial charge < -0.3 is 10.6 Å². The lowest BCUT2D eigenvalue weighted by atomic mass is 10.2. The van der Waals surface area contributed by atoms with Crippen molar-refractivity contribution in [3.8, 4) is 0 Å². The second-order valence-electron chi connectivity index (χ2n) is 3.69. The molecule has 0 bridgehead atoms. The standard InChI is InChI=1S/C11H17BrN2OS/c1-14(11(15)3-2-5-13)6-4-10-7-9(12)8-16-10/h7-8H,2-6,13H2,1H3. The summed E-state index contributed by atoms with van der Waals surface area (Å²) in [6, 6.07) is 2.10. The van der Waals surface area contributed by atoms with Crippen LogP contribution in [-0.4, -0.2) is 30.9 Å². The third-order valence-corrected chi connectivity index (χ3v) is 4.09. The molecule has 0 saturated carbocycles. The highest BCUT2D eigenvalue weighted by atomic mass is 79.9. The van der Waals surface area contributed by atoms with Crippen LogP contribution in [0.3, 0.4) is 0 Å². The van der Waals surface area contributed by atoms with Gasteiger partial charge in [0.1, 0.15) is 0 Å². The molecule has 1 aromatic heterocycles. The first kappa shape index (κ1) is 13.7. The van der Waals surface area contributed by atoms with E-state index in [2.05, 4.69) is 27.4 Å². The number of carbonyl (C=O) groups is 1. The van der Waals surface area contributed by atoms with Crippen molar-refractivity contribution < 1.29 is 4.79 Å². The zero-order chi connectivity index (χ0) is 12.0. The molecule has 0 unspecified atom stereocenters. The molecule has 5 heteroatoms. The smallest absolute Gasteiger partial charge is 0.222 e. The minimum absolute atomic E-state index is 0.182. The number of amides is 1. The molecule has 0 atom stereocenters. The van der Waals surface area contributed by atoms with Gasteiger partial charge in [-0.25, -0.2) is 0 Å². The third-order valence-electron chi connectivity index (χ3n) is 2.34. The number of nitrogens with two attached hydrogens (primary N) is 1. The fourth-order valence-corrected chi connectivity index (χ4v) is 2.78. The van der Waals surface area contributed by atoms with Crippen LogP contribution in [0.5, 0.6) is 0 Å². The van der Waals surface area contributed by atoms with Crippen molar-refractivity contribution >= 4 is 33.2 Å². The van der Waals surface area contributed by atoms with Gasteiger partial charge in [-0.3, -0.25) is 4.79 Å². The van der Waals surface area contributed by atoms with Crippen LogP contribution in [0.2, 0.25) is 0 Å². The highest BCUT2D eigenvalue weighted by molar-refractivity contribution is 9.10. The van der Waals surface area contributed by atoms with Crippen molar-refractivity contribution in [3.63, 3.8) is 0 Å². The normalized spacial score (nSPS) is 10.4. The molecule has 0 saturated heterocycles. The molecular formula is C11H17BrN2OS. The van der Waals surface area contributed by atoms with Gasteiger partial charge in [-0.1, -0.05) is 0 Å². The Hall–Kier alpha value is -0.390. The second kappa shape index (κ2) is 7.04. The Kier molecular flexibility index (Phi) is 6.01. The van der Waals surface area contributed by atoms with Crippen molar-refractivity contribution in [2.24, 2.45) is 5.73 Å². The number of nitrogens with zero attached hydrogens (tertiary/aromatic N) is 1. The topological polar surface area (TPSA) is 46.3 Å². The monoisotopic (exact) mass is 304 g/mol. The van der Waals surface area contributed by atoms with Gasteiger partial charge in [0, 0.05) is 34.7 Å². The molecule has 1 aromatic rings. The van der Waals surface area contributed by atoms with Crippen molar-refractivity contribution in [1.29, 1.82) is 0 Å². The SMILES string of the molecule is CN(CCc1cc(Br)cs1)C(=O)CCCN. The van der Waals surface area contributed by atoms with E-state index in [-0.39, 0.29) is 5.91 Å². The Balaban J connectivity index is 2.29. The zero-order valence-electron chi connectivity index (χ0n) is 9.41. The molecular weight excluding hydrogens is 288 g/mol. The molecule has 0 radical (unpaired) electrons. The quantitative estimate of drug-likeness (QED) is 0.876. The zero-order valence-corrected chi connectivity index (χ0v) is 11.8. The van der Waals surface area contributed by atoms with E-state index in [0.29, 0.717) is 13.0 Å². The summed E-state index contributed by atoms with van der Waals surface area (Å²) < 4.78 is 1.12. The van der Waals surface area contributed by atoms with Gasteiger partial charge in [0.25, 0.3) is 0 Å². The number of halogens is 1. The number of carbonyl (C=O) groups excluding carboxylic acids is 1. The van der Waals surface area contributed by atoms with Crippen LogP contribution in [0.4, 0.5) is 0 Å². The van der Waals surface area contributed by atoms with E-state index in [9.17, 15) is 4.79 Å². The summed E-state index contributed by atoms with van der Waals surface area (Å²) in [7, 11) is 1.85. The molecule has 0 aromatic carbocycles. The highest BCUT2D eigenvalue weighted by Crippen LogP contribution is 2.20. The summed E-state index contributed by atoms with van der Waals surface area (Å²) in [4.78, 5) is 14.7. The summed E-state index contributed by atoms with van der Waals surface area (Å²) in [5, 5.41) is 2.06. The number of rotatable bonds is 6. The number of likely N-dealkylation sites (N-methyl/N-ethyl adjacent to an activating group) is 1. The van der Waals surface area contributed by atoms with Gasteiger partial charge in [-0.15, -0.1) is 11.3 Å². The second-order valence-corrected chi connectivity index (χ2v) is 5.60. The summed E-state index contributed by atoms with van der Waals surface area (Å²) in [5.41, 5.74) is 5.37. The van der Waals surface area contributed by atoms with E-state index >= 15 is 0 Å². The summed E-state index contributed by atoms with van der Waals surface area (Å²) >= 11 is 5.13. The number of hydrogen-bond donors (Lipinski definition) is 1. The fourth-order valence-electron chi connectivity index (χ4n) is 1.33. The van der Waals surface area contributed by atoms with Crippen molar-refractivity contribution in [3.05, 3.63) is 20.8 Å². The van der Waals surface area contributed by atoms with Crippen LogP contribution >= 0.6 is 27.3 Å². The molecule has 2 N–H and O–H groups in total. The van der Waals surface area contributed by atoms with Crippen LogP contribution in [0, 0.1) is 0 Å². The Morgan fingerprint density at radius 3 is 2.94 bits per heavy atom. The Labute approximate surface area is 109 Å². The first-order valence-electron chi connectivity index (χ1n) is 5.30. The Morgan fingerprint density at radius 1 is 1.62 bits per heavy atom. The largest absolute Gasteiger partial charge is 0.345 e. The van der Waals surface area contributed by atoms with E-state index in [1.165, 1.54) is 4.88 Å². The molecule has 1 heterocycles. The van der Waals surface area contributed by atoms with Crippen LogP contribution in [0.25, 0.3) is 0 Å². The molecule has 90 valence electrons. The van der Waals surface area contributed by atoms with E-state index in [1.54, 1.807) is 16.2 Å². The maximum atomic E-state index is 11.6. The van der Waals surface area contributed by atoms with E-state index in [0.717, 1.165) is 23.9 Å². The highest BCUT2D eigenvalue weighted by Gasteiger charge is 2.08. The van der Waals surface area contributed by atoms with Gasteiger partial charge >= 0.3 is 0 Å². The molecule has 3 nitrogen and oxygen atoms in total.